The van der Waals surface area contributed by atoms with Crippen LogP contribution in [0.5, 0.6) is 0 Å². The molecule has 2 N–H and O–H groups in total. The third kappa shape index (κ3) is 3.13. The van der Waals surface area contributed by atoms with Crippen molar-refractivity contribution in [3.05, 3.63) is 23.8 Å². The van der Waals surface area contributed by atoms with Gasteiger partial charge >= 0.3 is 0 Å². The number of piperazine rings is 1. The van der Waals surface area contributed by atoms with Gasteiger partial charge < -0.3 is 10.6 Å². The van der Waals surface area contributed by atoms with Crippen LogP contribution < -0.4 is 10.6 Å². The Morgan fingerprint density at radius 2 is 2.05 bits per heavy atom. The van der Waals surface area contributed by atoms with Crippen LogP contribution in [-0.4, -0.2) is 42.9 Å². The highest BCUT2D eigenvalue weighted by atomic mass is 32.2. The number of benzene rings is 1. The van der Waals surface area contributed by atoms with Gasteiger partial charge in [0, 0.05) is 47.9 Å². The van der Waals surface area contributed by atoms with Gasteiger partial charge in [-0.3, -0.25) is 4.90 Å². The van der Waals surface area contributed by atoms with Gasteiger partial charge in [-0.2, -0.15) is 0 Å². The number of rotatable bonds is 4. The molecule has 0 radical (unpaired) electrons. The summed E-state index contributed by atoms with van der Waals surface area (Å²) >= 11 is 1.89. The molecule has 0 amide bonds. The Kier molecular flexibility index (Phi) is 4.99. The lowest BCUT2D eigenvalue weighted by molar-refractivity contribution is 0.139. The summed E-state index contributed by atoms with van der Waals surface area (Å²) in [5.41, 5.74) is 8.87. The van der Waals surface area contributed by atoms with Gasteiger partial charge in [-0.15, -0.1) is 11.8 Å². The molecule has 20 heavy (non-hydrogen) atoms. The summed E-state index contributed by atoms with van der Waals surface area (Å²) in [7, 11) is 2.21. The number of thioether (sulfide) groups is 1. The lowest BCUT2D eigenvalue weighted by Crippen LogP contribution is -2.57. The number of likely N-dealkylation sites (N-methyl/N-ethyl adjacent to an activating group) is 1. The van der Waals surface area contributed by atoms with Crippen LogP contribution in [-0.2, 0) is 6.54 Å². The minimum atomic E-state index is 0.206. The first-order chi connectivity index (χ1) is 9.49. The molecule has 0 aliphatic carbocycles. The van der Waals surface area contributed by atoms with E-state index in [0.717, 1.165) is 25.4 Å². The minimum Gasteiger partial charge on any atom is -0.368 e. The summed E-state index contributed by atoms with van der Waals surface area (Å²) in [6.45, 7) is 10.7. The van der Waals surface area contributed by atoms with E-state index in [1.807, 2.05) is 11.8 Å². The van der Waals surface area contributed by atoms with Crippen LogP contribution in [0.1, 0.15) is 26.3 Å². The van der Waals surface area contributed by atoms with Gasteiger partial charge in [-0.1, -0.05) is 13.0 Å². The standard InChI is InChI=1S/C16H27N3S/c1-5-20-15-8-6-7-14(13(15)11-17)19-10-9-18(4)16(2,3)12-19/h6-8H,5,9-12,17H2,1-4H3. The average Bonchev–Trinajstić information content (AvgIpc) is 2.42. The van der Waals surface area contributed by atoms with Gasteiger partial charge in [-0.25, -0.2) is 0 Å². The lowest BCUT2D eigenvalue weighted by atomic mass is 9.98. The van der Waals surface area contributed by atoms with Gasteiger partial charge in [0.1, 0.15) is 0 Å². The zero-order chi connectivity index (χ0) is 14.8. The molecule has 0 spiro atoms. The normalized spacial score (nSPS) is 19.4. The first-order valence-corrected chi connectivity index (χ1v) is 8.39. The molecule has 1 aliphatic rings. The largest absolute Gasteiger partial charge is 0.368 e. The molecule has 0 unspecified atom stereocenters. The predicted octanol–water partition coefficient (Wildman–Crippen LogP) is 2.79. The van der Waals surface area contributed by atoms with Gasteiger partial charge in [0.15, 0.2) is 0 Å². The van der Waals surface area contributed by atoms with Crippen molar-refractivity contribution in [1.29, 1.82) is 0 Å². The van der Waals surface area contributed by atoms with Crippen LogP contribution in [0.4, 0.5) is 5.69 Å². The van der Waals surface area contributed by atoms with E-state index in [2.05, 4.69) is 55.8 Å². The molecule has 3 nitrogen and oxygen atoms in total. The van der Waals surface area contributed by atoms with E-state index in [9.17, 15) is 0 Å². The topological polar surface area (TPSA) is 32.5 Å². The second kappa shape index (κ2) is 6.37. The van der Waals surface area contributed by atoms with Crippen molar-refractivity contribution < 1.29 is 0 Å². The molecule has 0 saturated carbocycles. The van der Waals surface area contributed by atoms with E-state index in [4.69, 9.17) is 5.73 Å². The molecule has 1 fully saturated rings. The predicted molar refractivity (Wildman–Crippen MR) is 89.7 cm³/mol. The molecule has 1 aromatic rings. The summed E-state index contributed by atoms with van der Waals surface area (Å²) in [5.74, 6) is 1.09. The highest BCUT2D eigenvalue weighted by Crippen LogP contribution is 2.33. The molecule has 1 aromatic carbocycles. The van der Waals surface area contributed by atoms with Crippen LogP contribution >= 0.6 is 11.8 Å². The SMILES string of the molecule is CCSc1cccc(N2CCN(C)C(C)(C)C2)c1CN. The molecular formula is C16H27N3S. The summed E-state index contributed by atoms with van der Waals surface area (Å²) < 4.78 is 0. The van der Waals surface area contributed by atoms with Crippen LogP contribution in [0, 0.1) is 0 Å². The first-order valence-electron chi connectivity index (χ1n) is 7.40. The third-order valence-corrected chi connectivity index (χ3v) is 5.25. The molecule has 4 heteroatoms. The zero-order valence-electron chi connectivity index (χ0n) is 13.1. The Morgan fingerprint density at radius 3 is 2.65 bits per heavy atom. The van der Waals surface area contributed by atoms with E-state index in [-0.39, 0.29) is 5.54 Å². The Balaban J connectivity index is 2.31. The monoisotopic (exact) mass is 293 g/mol. The molecule has 112 valence electrons. The van der Waals surface area contributed by atoms with Crippen LogP contribution in [0.25, 0.3) is 0 Å². The first kappa shape index (κ1) is 15.7. The Morgan fingerprint density at radius 1 is 1.30 bits per heavy atom. The van der Waals surface area contributed by atoms with Crippen LogP contribution in [0.15, 0.2) is 23.1 Å². The molecule has 2 rings (SSSR count). The number of hydrogen-bond acceptors (Lipinski definition) is 4. The maximum Gasteiger partial charge on any atom is 0.0424 e. The number of anilines is 1. The second-order valence-corrected chi connectivity index (χ2v) is 7.35. The smallest absolute Gasteiger partial charge is 0.0424 e. The van der Waals surface area contributed by atoms with Gasteiger partial charge in [0.25, 0.3) is 0 Å². The van der Waals surface area contributed by atoms with Crippen molar-refractivity contribution in [2.24, 2.45) is 5.73 Å². The number of hydrogen-bond donors (Lipinski definition) is 1. The molecule has 0 aromatic heterocycles. The molecule has 1 aliphatic heterocycles. The highest BCUT2D eigenvalue weighted by Gasteiger charge is 2.31. The molecule has 1 heterocycles. The molecule has 0 bridgehead atoms. The Bertz CT molecular complexity index is 459. The fourth-order valence-electron chi connectivity index (χ4n) is 2.79. The van der Waals surface area contributed by atoms with Crippen molar-refractivity contribution in [3.8, 4) is 0 Å². The number of nitrogens with two attached hydrogens (primary N) is 1. The van der Waals surface area contributed by atoms with Gasteiger partial charge in [0.05, 0.1) is 0 Å². The fourth-order valence-corrected chi connectivity index (χ4v) is 3.64. The van der Waals surface area contributed by atoms with E-state index in [1.54, 1.807) is 0 Å². The van der Waals surface area contributed by atoms with Crippen LogP contribution in [0.3, 0.4) is 0 Å². The maximum absolute atomic E-state index is 6.03. The summed E-state index contributed by atoms with van der Waals surface area (Å²) in [6.07, 6.45) is 0. The third-order valence-electron chi connectivity index (χ3n) is 4.27. The lowest BCUT2D eigenvalue weighted by Gasteiger charge is -2.46. The Labute approximate surface area is 127 Å². The van der Waals surface area contributed by atoms with Crippen molar-refractivity contribution in [2.45, 2.75) is 37.8 Å². The fraction of sp³-hybridized carbons (Fsp3) is 0.625. The second-order valence-electron chi connectivity index (χ2n) is 6.05. The molecular weight excluding hydrogens is 266 g/mol. The van der Waals surface area contributed by atoms with Crippen molar-refractivity contribution >= 4 is 17.4 Å². The van der Waals surface area contributed by atoms with Gasteiger partial charge in [0.2, 0.25) is 0 Å². The number of nitrogens with zero attached hydrogens (tertiary/aromatic N) is 2. The Hall–Kier alpha value is -0.710. The summed E-state index contributed by atoms with van der Waals surface area (Å²) in [6, 6.07) is 6.59. The quantitative estimate of drug-likeness (QED) is 0.865. The maximum atomic E-state index is 6.03. The summed E-state index contributed by atoms with van der Waals surface area (Å²) in [4.78, 5) is 6.28. The molecule has 1 saturated heterocycles. The zero-order valence-corrected chi connectivity index (χ0v) is 14.0. The van der Waals surface area contributed by atoms with E-state index < -0.39 is 0 Å². The van der Waals surface area contributed by atoms with Gasteiger partial charge in [-0.05, 0) is 38.8 Å². The minimum absolute atomic E-state index is 0.206. The van der Waals surface area contributed by atoms with Crippen molar-refractivity contribution in [2.75, 3.05) is 37.3 Å². The van der Waals surface area contributed by atoms with E-state index in [0.29, 0.717) is 6.54 Å². The van der Waals surface area contributed by atoms with E-state index in [1.165, 1.54) is 16.1 Å². The average molecular weight is 293 g/mol. The van der Waals surface area contributed by atoms with Crippen molar-refractivity contribution in [1.82, 2.24) is 4.90 Å². The summed E-state index contributed by atoms with van der Waals surface area (Å²) in [5, 5.41) is 0. The van der Waals surface area contributed by atoms with Crippen molar-refractivity contribution in [3.63, 3.8) is 0 Å². The van der Waals surface area contributed by atoms with E-state index >= 15 is 0 Å². The molecule has 0 atom stereocenters. The highest BCUT2D eigenvalue weighted by molar-refractivity contribution is 7.99. The van der Waals surface area contributed by atoms with Crippen LogP contribution in [0.2, 0.25) is 0 Å².